The molecule has 4 nitrogen and oxygen atoms in total. The number of rotatable bonds is 3. The molecule has 0 aromatic carbocycles. The lowest BCUT2D eigenvalue weighted by atomic mass is 10.1. The Morgan fingerprint density at radius 1 is 1.57 bits per heavy atom. The molecule has 0 saturated carbocycles. The molecule has 0 amide bonds. The molecule has 0 radical (unpaired) electrons. The maximum Gasteiger partial charge on any atom is 0.169 e. The molecule has 0 aliphatic rings. The summed E-state index contributed by atoms with van der Waals surface area (Å²) in [7, 11) is 0. The second-order valence-corrected chi connectivity index (χ2v) is 4.24. The van der Waals surface area contributed by atoms with Crippen LogP contribution in [0.15, 0.2) is 26.6 Å². The van der Waals surface area contributed by atoms with Gasteiger partial charge in [0.2, 0.25) is 0 Å². The molecule has 0 saturated heterocycles. The Morgan fingerprint density at radius 3 is 3.00 bits per heavy atom. The number of nitrogens with zero attached hydrogens (tertiary/aromatic N) is 2. The average Bonchev–Trinajstić information content (AvgIpc) is 2.75. The normalized spacial score (nSPS) is 13.0. The summed E-state index contributed by atoms with van der Waals surface area (Å²) in [5.74, 6) is 0.755. The number of nitrogens with two attached hydrogens (primary N) is 1. The van der Waals surface area contributed by atoms with E-state index in [1.807, 2.05) is 17.5 Å². The lowest BCUT2D eigenvalue weighted by Crippen LogP contribution is -2.12. The lowest BCUT2D eigenvalue weighted by molar-refractivity contribution is 0.446. The third kappa shape index (κ3) is 2.20. The maximum atomic E-state index is 5.92. The van der Waals surface area contributed by atoms with Gasteiger partial charge in [0.05, 0.1) is 11.7 Å². The molecular weight excluding hydrogens is 266 g/mol. The third-order valence-corrected chi connectivity index (χ3v) is 2.77. The van der Waals surface area contributed by atoms with Crippen LogP contribution in [-0.2, 0) is 6.42 Å². The Morgan fingerprint density at radius 2 is 2.43 bits per heavy atom. The van der Waals surface area contributed by atoms with Crippen LogP contribution in [0.25, 0.3) is 0 Å². The standard InChI is InChI=1S/C8H8BrN3OS/c9-8-2-1-7(13-8)6(10)3-5-4-14-12-11-5/h1-2,4,6H,3,10H2. The molecule has 2 N–H and O–H groups in total. The van der Waals surface area contributed by atoms with Crippen molar-refractivity contribution in [2.75, 3.05) is 0 Å². The summed E-state index contributed by atoms with van der Waals surface area (Å²) in [5, 5.41) is 5.81. The summed E-state index contributed by atoms with van der Waals surface area (Å²) in [6, 6.07) is 3.52. The average molecular weight is 274 g/mol. The third-order valence-electron chi connectivity index (χ3n) is 1.79. The van der Waals surface area contributed by atoms with E-state index in [0.29, 0.717) is 11.1 Å². The molecular formula is C8H8BrN3OS. The largest absolute Gasteiger partial charge is 0.453 e. The minimum atomic E-state index is -0.162. The zero-order valence-electron chi connectivity index (χ0n) is 7.18. The number of hydrogen-bond donors (Lipinski definition) is 1. The van der Waals surface area contributed by atoms with Crippen LogP contribution in [0.1, 0.15) is 17.5 Å². The molecule has 2 rings (SSSR count). The van der Waals surface area contributed by atoms with Gasteiger partial charge in [-0.05, 0) is 39.6 Å². The van der Waals surface area contributed by atoms with Gasteiger partial charge < -0.3 is 10.2 Å². The van der Waals surface area contributed by atoms with Gasteiger partial charge in [-0.25, -0.2) is 0 Å². The van der Waals surface area contributed by atoms with Crippen LogP contribution in [0.4, 0.5) is 0 Å². The van der Waals surface area contributed by atoms with Gasteiger partial charge in [0.1, 0.15) is 5.76 Å². The van der Waals surface area contributed by atoms with E-state index in [2.05, 4.69) is 25.5 Å². The van der Waals surface area contributed by atoms with Crippen molar-refractivity contribution in [3.8, 4) is 0 Å². The Hall–Kier alpha value is -0.720. The zero-order valence-corrected chi connectivity index (χ0v) is 9.59. The highest BCUT2D eigenvalue weighted by Gasteiger charge is 2.12. The van der Waals surface area contributed by atoms with Gasteiger partial charge in [-0.15, -0.1) is 5.10 Å². The molecule has 6 heteroatoms. The number of hydrogen-bond acceptors (Lipinski definition) is 5. The van der Waals surface area contributed by atoms with Crippen molar-refractivity contribution in [2.45, 2.75) is 12.5 Å². The number of halogens is 1. The van der Waals surface area contributed by atoms with Gasteiger partial charge in [0.25, 0.3) is 0 Å². The smallest absolute Gasteiger partial charge is 0.169 e. The van der Waals surface area contributed by atoms with E-state index in [1.165, 1.54) is 11.5 Å². The molecule has 1 atom stereocenters. The molecule has 14 heavy (non-hydrogen) atoms. The Kier molecular flexibility index (Phi) is 2.95. The van der Waals surface area contributed by atoms with Crippen LogP contribution in [0.5, 0.6) is 0 Å². The topological polar surface area (TPSA) is 64.9 Å². The molecule has 2 aromatic heterocycles. The Labute approximate surface area is 93.4 Å². The number of furan rings is 1. The van der Waals surface area contributed by atoms with Gasteiger partial charge in [0, 0.05) is 11.8 Å². The summed E-state index contributed by atoms with van der Waals surface area (Å²) in [5.41, 5.74) is 6.82. The minimum absolute atomic E-state index is 0.162. The van der Waals surface area contributed by atoms with Crippen molar-refractivity contribution >= 4 is 27.5 Å². The Balaban J connectivity index is 2.06. The Bertz CT molecular complexity index is 400. The van der Waals surface area contributed by atoms with E-state index >= 15 is 0 Å². The van der Waals surface area contributed by atoms with Gasteiger partial charge in [-0.2, -0.15) is 0 Å². The SMILES string of the molecule is NC(Cc1csnn1)c1ccc(Br)o1. The van der Waals surface area contributed by atoms with E-state index in [-0.39, 0.29) is 6.04 Å². The first-order valence-corrected chi connectivity index (χ1v) is 5.65. The van der Waals surface area contributed by atoms with Crippen LogP contribution >= 0.6 is 27.5 Å². The van der Waals surface area contributed by atoms with Gasteiger partial charge in [-0.1, -0.05) is 4.49 Å². The summed E-state index contributed by atoms with van der Waals surface area (Å²) in [4.78, 5) is 0. The summed E-state index contributed by atoms with van der Waals surface area (Å²) in [6.45, 7) is 0. The molecule has 0 spiro atoms. The second kappa shape index (κ2) is 4.20. The molecule has 1 unspecified atom stereocenters. The molecule has 0 bridgehead atoms. The van der Waals surface area contributed by atoms with E-state index in [1.54, 1.807) is 0 Å². The van der Waals surface area contributed by atoms with Crippen LogP contribution in [0.3, 0.4) is 0 Å². The molecule has 2 heterocycles. The first kappa shape index (κ1) is 9.82. The molecule has 0 aliphatic heterocycles. The zero-order chi connectivity index (χ0) is 9.97. The van der Waals surface area contributed by atoms with Crippen molar-refractivity contribution in [1.29, 1.82) is 0 Å². The number of aromatic nitrogens is 2. The first-order valence-electron chi connectivity index (χ1n) is 4.02. The van der Waals surface area contributed by atoms with Crippen LogP contribution in [0, 0.1) is 0 Å². The van der Waals surface area contributed by atoms with E-state index in [0.717, 1.165) is 11.5 Å². The predicted molar refractivity (Wildman–Crippen MR) is 56.9 cm³/mol. The molecule has 2 aromatic rings. The second-order valence-electron chi connectivity index (χ2n) is 2.85. The van der Waals surface area contributed by atoms with Crippen LogP contribution in [0.2, 0.25) is 0 Å². The van der Waals surface area contributed by atoms with Crippen molar-refractivity contribution in [3.63, 3.8) is 0 Å². The summed E-state index contributed by atoms with van der Waals surface area (Å²) in [6.07, 6.45) is 0.649. The monoisotopic (exact) mass is 273 g/mol. The molecule has 0 aliphatic carbocycles. The van der Waals surface area contributed by atoms with E-state index < -0.39 is 0 Å². The van der Waals surface area contributed by atoms with Crippen molar-refractivity contribution in [1.82, 2.24) is 9.59 Å². The van der Waals surface area contributed by atoms with Crippen molar-refractivity contribution < 1.29 is 4.42 Å². The lowest BCUT2D eigenvalue weighted by Gasteiger charge is -2.04. The molecule has 74 valence electrons. The van der Waals surface area contributed by atoms with Crippen LogP contribution in [-0.4, -0.2) is 9.59 Å². The maximum absolute atomic E-state index is 5.92. The highest BCUT2D eigenvalue weighted by molar-refractivity contribution is 9.10. The van der Waals surface area contributed by atoms with Gasteiger partial charge in [-0.3, -0.25) is 0 Å². The fraction of sp³-hybridized carbons (Fsp3) is 0.250. The van der Waals surface area contributed by atoms with E-state index in [9.17, 15) is 0 Å². The fourth-order valence-electron chi connectivity index (χ4n) is 1.13. The highest BCUT2D eigenvalue weighted by atomic mass is 79.9. The predicted octanol–water partition coefficient (Wildman–Crippen LogP) is 2.14. The minimum Gasteiger partial charge on any atom is -0.453 e. The van der Waals surface area contributed by atoms with Crippen molar-refractivity contribution in [2.24, 2.45) is 5.73 Å². The first-order chi connectivity index (χ1) is 6.75. The van der Waals surface area contributed by atoms with Crippen LogP contribution < -0.4 is 5.73 Å². The summed E-state index contributed by atoms with van der Waals surface area (Å²) >= 11 is 4.56. The molecule has 0 fully saturated rings. The summed E-state index contributed by atoms with van der Waals surface area (Å²) < 4.78 is 9.81. The highest BCUT2D eigenvalue weighted by Crippen LogP contribution is 2.21. The van der Waals surface area contributed by atoms with Gasteiger partial charge in [0.15, 0.2) is 4.67 Å². The van der Waals surface area contributed by atoms with Gasteiger partial charge >= 0.3 is 0 Å². The quantitative estimate of drug-likeness (QED) is 0.931. The fourth-order valence-corrected chi connectivity index (χ4v) is 1.91. The van der Waals surface area contributed by atoms with Crippen molar-refractivity contribution in [3.05, 3.63) is 33.6 Å². The van der Waals surface area contributed by atoms with E-state index in [4.69, 9.17) is 10.2 Å².